The van der Waals surface area contributed by atoms with Crippen molar-refractivity contribution in [3.63, 3.8) is 0 Å². The zero-order chi connectivity index (χ0) is 29.9. The summed E-state index contributed by atoms with van der Waals surface area (Å²) in [6.45, 7) is 3.11. The van der Waals surface area contributed by atoms with Gasteiger partial charge in [-0.25, -0.2) is 0 Å². The van der Waals surface area contributed by atoms with Crippen molar-refractivity contribution in [1.82, 2.24) is 41.5 Å². The van der Waals surface area contributed by atoms with Gasteiger partial charge in [0.2, 0.25) is 23.6 Å². The largest absolute Gasteiger partial charge is 0.481 e. The lowest BCUT2D eigenvalue weighted by Gasteiger charge is -2.26. The number of tetrazole rings is 1. The summed E-state index contributed by atoms with van der Waals surface area (Å²) >= 11 is 0. The van der Waals surface area contributed by atoms with Gasteiger partial charge in [0.25, 0.3) is 0 Å². The Labute approximate surface area is 238 Å². The Balaban J connectivity index is 1.68. The number of aromatic amines is 1. The van der Waals surface area contributed by atoms with Crippen LogP contribution >= 0.6 is 0 Å². The molecule has 1 aromatic heterocycles. The second-order valence-corrected chi connectivity index (χ2v) is 11.4. The smallest absolute Gasteiger partial charge is 0.303 e. The van der Waals surface area contributed by atoms with Gasteiger partial charge < -0.3 is 26.0 Å². The van der Waals surface area contributed by atoms with Gasteiger partial charge in [0.1, 0.15) is 12.1 Å². The molecule has 0 bridgehead atoms. The van der Waals surface area contributed by atoms with Gasteiger partial charge in [0.15, 0.2) is 5.82 Å². The third-order valence-electron chi connectivity index (χ3n) is 6.77. The van der Waals surface area contributed by atoms with E-state index in [1.54, 1.807) is 37.3 Å². The SMILES string of the molecule is CC[C@H](C)[C@H](NC(=O)CCC(=O)O)C(=O)NCC(=O)N1C[C@H](S(=O)c2ccccc2)C[C@H]1C(=O)NCc1nn[nH]n1. The number of likely N-dealkylation sites (tertiary alicyclic amines) is 1. The quantitative estimate of drug-likeness (QED) is 0.183. The molecular weight excluding hydrogens is 556 g/mol. The second-order valence-electron chi connectivity index (χ2n) is 9.62. The van der Waals surface area contributed by atoms with Crippen molar-refractivity contribution in [1.29, 1.82) is 0 Å². The predicted molar refractivity (Wildman–Crippen MR) is 144 cm³/mol. The molecule has 2 heterocycles. The van der Waals surface area contributed by atoms with E-state index in [-0.39, 0.29) is 44.1 Å². The van der Waals surface area contributed by atoms with E-state index < -0.39 is 64.3 Å². The number of amides is 4. The summed E-state index contributed by atoms with van der Waals surface area (Å²) in [4.78, 5) is 64.2. The van der Waals surface area contributed by atoms with Crippen LogP contribution in [0, 0.1) is 5.92 Å². The molecule has 1 aliphatic rings. The molecule has 1 fully saturated rings. The predicted octanol–water partition coefficient (Wildman–Crippen LogP) is -0.895. The number of carboxylic acid groups (broad SMARTS) is 1. The molecule has 15 nitrogen and oxygen atoms in total. The van der Waals surface area contributed by atoms with Crippen LogP contribution in [0.1, 0.15) is 45.4 Å². The second kappa shape index (κ2) is 15.0. The molecule has 2 aromatic rings. The average Bonchev–Trinajstić information content (AvgIpc) is 3.66. The number of rotatable bonds is 14. The summed E-state index contributed by atoms with van der Waals surface area (Å²) in [5.74, 6) is -3.46. The van der Waals surface area contributed by atoms with Crippen LogP contribution in [-0.2, 0) is 41.3 Å². The minimum atomic E-state index is -1.50. The molecule has 1 aliphatic heterocycles. The zero-order valence-corrected chi connectivity index (χ0v) is 23.6. The highest BCUT2D eigenvalue weighted by molar-refractivity contribution is 7.85. The van der Waals surface area contributed by atoms with E-state index in [0.717, 1.165) is 0 Å². The van der Waals surface area contributed by atoms with Crippen LogP contribution < -0.4 is 16.0 Å². The van der Waals surface area contributed by atoms with Crippen molar-refractivity contribution in [2.45, 2.75) is 68.3 Å². The van der Waals surface area contributed by atoms with Crippen LogP contribution in [0.15, 0.2) is 35.2 Å². The number of nitrogens with zero attached hydrogens (tertiary/aromatic N) is 4. The van der Waals surface area contributed by atoms with E-state index in [2.05, 4.69) is 36.6 Å². The van der Waals surface area contributed by atoms with Gasteiger partial charge in [-0.05, 0) is 24.5 Å². The molecule has 16 heteroatoms. The fourth-order valence-electron chi connectivity index (χ4n) is 4.31. The Kier molecular flexibility index (Phi) is 11.4. The summed E-state index contributed by atoms with van der Waals surface area (Å²) in [7, 11) is -1.50. The highest BCUT2D eigenvalue weighted by Crippen LogP contribution is 2.26. The molecule has 5 N–H and O–H groups in total. The van der Waals surface area contributed by atoms with E-state index >= 15 is 0 Å². The standard InChI is InChI=1S/C25H34N8O7S/c1-3-15(2)23(28-20(34)9-10-22(36)37)25(39)27-13-21(35)33-14-17(41(40)16-7-5-4-6-8-16)11-18(33)24(38)26-12-19-29-31-32-30-19/h4-8,15,17-18,23H,3,9-14H2,1-2H3,(H,26,38)(H,27,39)(H,28,34)(H,36,37)(H,29,30,31,32)/t15-,17+,18-,23-,41?/m0/s1. The number of nitrogens with one attached hydrogen (secondary N) is 4. The average molecular weight is 591 g/mol. The molecule has 1 unspecified atom stereocenters. The number of benzene rings is 1. The minimum Gasteiger partial charge on any atom is -0.481 e. The lowest BCUT2D eigenvalue weighted by Crippen LogP contribution is -2.53. The molecule has 222 valence electrons. The van der Waals surface area contributed by atoms with Crippen LogP contribution in [-0.4, -0.2) is 94.9 Å². The number of carbonyl (C=O) groups excluding carboxylic acids is 4. The van der Waals surface area contributed by atoms with Gasteiger partial charge in [-0.3, -0.25) is 28.2 Å². The van der Waals surface area contributed by atoms with Gasteiger partial charge in [0, 0.05) is 17.9 Å². The number of hydrogen-bond donors (Lipinski definition) is 5. The summed E-state index contributed by atoms with van der Waals surface area (Å²) in [6.07, 6.45) is 0.0000349. The molecule has 0 saturated carbocycles. The molecule has 0 spiro atoms. The Morgan fingerprint density at radius 2 is 1.88 bits per heavy atom. The fourth-order valence-corrected chi connectivity index (χ4v) is 5.77. The number of carbonyl (C=O) groups is 5. The van der Waals surface area contributed by atoms with E-state index in [0.29, 0.717) is 11.3 Å². The lowest BCUT2D eigenvalue weighted by molar-refractivity contribution is -0.140. The molecule has 0 aliphatic carbocycles. The maximum atomic E-state index is 13.3. The number of carboxylic acids is 1. The van der Waals surface area contributed by atoms with Crippen LogP contribution in [0.25, 0.3) is 0 Å². The van der Waals surface area contributed by atoms with Crippen LogP contribution in [0.2, 0.25) is 0 Å². The summed E-state index contributed by atoms with van der Waals surface area (Å²) in [6, 6.07) is 6.79. The first-order valence-corrected chi connectivity index (χ1v) is 14.4. The fraction of sp³-hybridized carbons (Fsp3) is 0.520. The van der Waals surface area contributed by atoms with Crippen LogP contribution in [0.3, 0.4) is 0 Å². The minimum absolute atomic E-state index is 0.0250. The van der Waals surface area contributed by atoms with Gasteiger partial charge in [-0.1, -0.05) is 43.7 Å². The maximum Gasteiger partial charge on any atom is 0.303 e. The van der Waals surface area contributed by atoms with E-state index in [4.69, 9.17) is 5.11 Å². The van der Waals surface area contributed by atoms with E-state index in [1.165, 1.54) is 4.90 Å². The molecular formula is C25H34N8O7S. The molecule has 1 saturated heterocycles. The van der Waals surface area contributed by atoms with Crippen molar-refractivity contribution in [3.8, 4) is 0 Å². The van der Waals surface area contributed by atoms with Crippen LogP contribution in [0.5, 0.6) is 0 Å². The number of aliphatic carboxylic acids is 1. The number of hydrogen-bond acceptors (Lipinski definition) is 9. The summed E-state index contributed by atoms with van der Waals surface area (Å²) in [5, 5.41) is 29.3. The first kappa shape index (κ1) is 31.3. The first-order chi connectivity index (χ1) is 19.6. The highest BCUT2D eigenvalue weighted by atomic mass is 32.2. The highest BCUT2D eigenvalue weighted by Gasteiger charge is 2.42. The number of aromatic nitrogens is 4. The summed E-state index contributed by atoms with van der Waals surface area (Å²) < 4.78 is 13.3. The Morgan fingerprint density at radius 3 is 2.51 bits per heavy atom. The molecule has 41 heavy (non-hydrogen) atoms. The van der Waals surface area contributed by atoms with E-state index in [1.807, 2.05) is 6.92 Å². The van der Waals surface area contributed by atoms with Gasteiger partial charge in [-0.2, -0.15) is 5.21 Å². The topological polar surface area (TPSA) is 216 Å². The Hall–Kier alpha value is -4.21. The van der Waals surface area contributed by atoms with Gasteiger partial charge >= 0.3 is 5.97 Å². The van der Waals surface area contributed by atoms with Crippen molar-refractivity contribution in [3.05, 3.63) is 36.2 Å². The van der Waals surface area contributed by atoms with Gasteiger partial charge in [-0.15, -0.1) is 10.2 Å². The van der Waals surface area contributed by atoms with Crippen molar-refractivity contribution in [2.24, 2.45) is 5.92 Å². The van der Waals surface area contributed by atoms with Crippen LogP contribution in [0.4, 0.5) is 0 Å². The van der Waals surface area contributed by atoms with Crippen molar-refractivity contribution >= 4 is 40.4 Å². The van der Waals surface area contributed by atoms with Crippen molar-refractivity contribution < 1.29 is 33.3 Å². The molecule has 3 rings (SSSR count). The normalized spacial score (nSPS) is 18.6. The molecule has 0 radical (unpaired) electrons. The molecule has 5 atom stereocenters. The lowest BCUT2D eigenvalue weighted by atomic mass is 9.98. The van der Waals surface area contributed by atoms with Crippen molar-refractivity contribution in [2.75, 3.05) is 13.1 Å². The Bertz CT molecular complexity index is 1240. The third kappa shape index (κ3) is 8.89. The molecule has 1 aromatic carbocycles. The van der Waals surface area contributed by atoms with Gasteiger partial charge in [0.05, 0.1) is 35.6 Å². The zero-order valence-electron chi connectivity index (χ0n) is 22.7. The van der Waals surface area contributed by atoms with E-state index in [9.17, 15) is 28.2 Å². The third-order valence-corrected chi connectivity index (χ3v) is 8.45. The first-order valence-electron chi connectivity index (χ1n) is 13.1. The monoisotopic (exact) mass is 590 g/mol. The Morgan fingerprint density at radius 1 is 1.15 bits per heavy atom. The molecule has 4 amide bonds. The number of H-pyrrole nitrogens is 1. The summed E-state index contributed by atoms with van der Waals surface area (Å²) in [5.41, 5.74) is 0. The maximum absolute atomic E-state index is 13.3.